The van der Waals surface area contributed by atoms with Gasteiger partial charge in [-0.05, 0) is 49.4 Å². The van der Waals surface area contributed by atoms with Crippen molar-refractivity contribution in [3.8, 4) is 5.75 Å². The van der Waals surface area contributed by atoms with E-state index in [1.807, 2.05) is 11.8 Å². The van der Waals surface area contributed by atoms with Crippen molar-refractivity contribution in [2.24, 2.45) is 0 Å². The molecule has 0 spiro atoms. The van der Waals surface area contributed by atoms with Crippen LogP contribution in [0.15, 0.2) is 23.1 Å². The Morgan fingerprint density at radius 3 is 2.55 bits per heavy atom. The zero-order valence-corrected chi connectivity index (χ0v) is 14.1. The molecule has 22 heavy (non-hydrogen) atoms. The van der Waals surface area contributed by atoms with Gasteiger partial charge in [-0.1, -0.05) is 6.92 Å². The number of benzene rings is 1. The van der Waals surface area contributed by atoms with Crippen molar-refractivity contribution in [2.75, 3.05) is 19.7 Å². The maximum absolute atomic E-state index is 12.1. The lowest BCUT2D eigenvalue weighted by atomic mass is 10.1. The average molecular weight is 346 g/mol. The maximum Gasteiger partial charge on any atom is 0.261 e. The van der Waals surface area contributed by atoms with Gasteiger partial charge in [0.2, 0.25) is 0 Å². The summed E-state index contributed by atoms with van der Waals surface area (Å²) in [5, 5.41) is 0. The molecule has 0 aromatic heterocycles. The maximum atomic E-state index is 12.1. The van der Waals surface area contributed by atoms with Crippen LogP contribution in [0.4, 0.5) is 0 Å². The molecular formula is C15H20ClNO4S. The highest BCUT2D eigenvalue weighted by atomic mass is 35.7. The van der Waals surface area contributed by atoms with Gasteiger partial charge in [0.25, 0.3) is 15.0 Å². The van der Waals surface area contributed by atoms with Gasteiger partial charge < -0.3 is 9.64 Å². The molecule has 1 aliphatic rings. The van der Waals surface area contributed by atoms with Gasteiger partial charge in [0.05, 0.1) is 4.90 Å². The summed E-state index contributed by atoms with van der Waals surface area (Å²) in [6.07, 6.45) is 3.83. The third-order valence-corrected chi connectivity index (χ3v) is 5.11. The minimum atomic E-state index is -3.76. The molecule has 7 heteroatoms. The van der Waals surface area contributed by atoms with Crippen molar-refractivity contribution in [3.63, 3.8) is 0 Å². The Balaban J connectivity index is 2.04. The highest BCUT2D eigenvalue weighted by Gasteiger charge is 2.18. The zero-order valence-electron chi connectivity index (χ0n) is 12.5. The Labute approximate surface area is 135 Å². The fourth-order valence-corrected chi connectivity index (χ4v) is 3.30. The van der Waals surface area contributed by atoms with E-state index in [0.717, 1.165) is 25.9 Å². The number of likely N-dealkylation sites (tertiary alicyclic amines) is 1. The Hall–Kier alpha value is -1.27. The number of nitrogens with zero attached hydrogens (tertiary/aromatic N) is 1. The topological polar surface area (TPSA) is 63.7 Å². The van der Waals surface area contributed by atoms with Crippen LogP contribution in [0.2, 0.25) is 0 Å². The number of rotatable bonds is 5. The minimum absolute atomic E-state index is 0.0278. The van der Waals surface area contributed by atoms with Crippen molar-refractivity contribution in [1.29, 1.82) is 0 Å². The number of amides is 1. The number of carbonyl (C=O) groups excluding carboxylic acids is 1. The summed E-state index contributed by atoms with van der Waals surface area (Å²) in [4.78, 5) is 13.9. The summed E-state index contributed by atoms with van der Waals surface area (Å²) in [7, 11) is 1.58. The zero-order chi connectivity index (χ0) is 16.2. The number of carbonyl (C=O) groups is 1. The first kappa shape index (κ1) is 17.1. The third-order valence-electron chi connectivity index (χ3n) is 3.75. The molecule has 1 saturated heterocycles. The molecule has 1 heterocycles. The Bertz CT molecular complexity index is 639. The summed E-state index contributed by atoms with van der Waals surface area (Å²) >= 11 is 0. The van der Waals surface area contributed by atoms with Gasteiger partial charge in [0, 0.05) is 23.8 Å². The predicted octanol–water partition coefficient (Wildman–Crippen LogP) is 2.57. The molecule has 1 fully saturated rings. The van der Waals surface area contributed by atoms with Gasteiger partial charge in [0.15, 0.2) is 6.61 Å². The Morgan fingerprint density at radius 2 is 1.95 bits per heavy atom. The molecule has 5 nitrogen and oxygen atoms in total. The summed E-state index contributed by atoms with van der Waals surface area (Å²) in [5.74, 6) is 0.493. The summed E-state index contributed by atoms with van der Waals surface area (Å²) < 4.78 is 28.3. The Morgan fingerprint density at radius 1 is 1.27 bits per heavy atom. The van der Waals surface area contributed by atoms with E-state index in [1.54, 1.807) is 6.07 Å². The second-order valence-corrected chi connectivity index (χ2v) is 7.86. The average Bonchev–Trinajstić information content (AvgIpc) is 2.52. The number of piperidine rings is 1. The molecule has 1 aliphatic heterocycles. The molecule has 0 aliphatic carbocycles. The largest absolute Gasteiger partial charge is 0.483 e. The van der Waals surface area contributed by atoms with Crippen LogP contribution in [0.3, 0.4) is 0 Å². The molecule has 1 aromatic carbocycles. The quantitative estimate of drug-likeness (QED) is 0.769. The van der Waals surface area contributed by atoms with Crippen LogP contribution in [0.25, 0.3) is 0 Å². The standard InChI is InChI=1S/C15H20ClNO4S/c1-2-12-10-13(22(16,19)20)6-7-14(12)21-11-15(18)17-8-4-3-5-9-17/h6-7,10H,2-5,8-9,11H2,1H3. The van der Waals surface area contributed by atoms with Crippen molar-refractivity contribution in [2.45, 2.75) is 37.5 Å². The van der Waals surface area contributed by atoms with E-state index in [1.165, 1.54) is 18.6 Å². The first-order valence-electron chi connectivity index (χ1n) is 7.40. The summed E-state index contributed by atoms with van der Waals surface area (Å²) in [5.41, 5.74) is 0.716. The number of halogens is 1. The normalized spacial score (nSPS) is 15.6. The van der Waals surface area contributed by atoms with Crippen LogP contribution in [0, 0.1) is 0 Å². The van der Waals surface area contributed by atoms with E-state index >= 15 is 0 Å². The predicted molar refractivity (Wildman–Crippen MR) is 84.8 cm³/mol. The lowest BCUT2D eigenvalue weighted by molar-refractivity contribution is -0.134. The van der Waals surface area contributed by atoms with Crippen molar-refractivity contribution in [1.82, 2.24) is 4.90 Å². The van der Waals surface area contributed by atoms with Gasteiger partial charge in [-0.2, -0.15) is 0 Å². The number of ether oxygens (including phenoxy) is 1. The molecule has 0 atom stereocenters. The van der Waals surface area contributed by atoms with Crippen LogP contribution >= 0.6 is 10.7 Å². The van der Waals surface area contributed by atoms with E-state index in [4.69, 9.17) is 15.4 Å². The fraction of sp³-hybridized carbons (Fsp3) is 0.533. The lowest BCUT2D eigenvalue weighted by Gasteiger charge is -2.26. The van der Waals surface area contributed by atoms with Crippen molar-refractivity contribution >= 4 is 25.6 Å². The molecule has 1 aromatic rings. The van der Waals surface area contributed by atoms with Gasteiger partial charge in [-0.25, -0.2) is 8.42 Å². The smallest absolute Gasteiger partial charge is 0.261 e. The Kier molecular flexibility index (Phi) is 5.69. The minimum Gasteiger partial charge on any atom is -0.483 e. The van der Waals surface area contributed by atoms with E-state index in [9.17, 15) is 13.2 Å². The summed E-state index contributed by atoms with van der Waals surface area (Å²) in [6, 6.07) is 4.43. The molecule has 0 unspecified atom stereocenters. The van der Waals surface area contributed by atoms with Crippen LogP contribution in [-0.2, 0) is 20.3 Å². The van der Waals surface area contributed by atoms with Gasteiger partial charge in [-0.15, -0.1) is 0 Å². The lowest BCUT2D eigenvalue weighted by Crippen LogP contribution is -2.38. The van der Waals surface area contributed by atoms with Crippen LogP contribution in [-0.4, -0.2) is 38.9 Å². The molecule has 0 bridgehead atoms. The van der Waals surface area contributed by atoms with Crippen molar-refractivity contribution in [3.05, 3.63) is 23.8 Å². The van der Waals surface area contributed by atoms with Gasteiger partial charge in [-0.3, -0.25) is 4.79 Å². The van der Waals surface area contributed by atoms with Crippen LogP contribution in [0.1, 0.15) is 31.7 Å². The molecule has 122 valence electrons. The van der Waals surface area contributed by atoms with E-state index < -0.39 is 9.05 Å². The molecule has 2 rings (SSSR count). The van der Waals surface area contributed by atoms with Gasteiger partial charge >= 0.3 is 0 Å². The summed E-state index contributed by atoms with van der Waals surface area (Å²) in [6.45, 7) is 3.43. The van der Waals surface area contributed by atoms with Crippen LogP contribution < -0.4 is 4.74 Å². The highest BCUT2D eigenvalue weighted by Crippen LogP contribution is 2.25. The number of hydrogen-bond acceptors (Lipinski definition) is 4. The molecule has 0 saturated carbocycles. The fourth-order valence-electron chi connectivity index (χ4n) is 2.50. The molecule has 0 N–H and O–H groups in total. The van der Waals surface area contributed by atoms with Crippen molar-refractivity contribution < 1.29 is 17.9 Å². The van der Waals surface area contributed by atoms with Crippen LogP contribution in [0.5, 0.6) is 5.75 Å². The second-order valence-electron chi connectivity index (χ2n) is 5.29. The van der Waals surface area contributed by atoms with E-state index in [0.29, 0.717) is 17.7 Å². The SMILES string of the molecule is CCc1cc(S(=O)(=O)Cl)ccc1OCC(=O)N1CCCCC1. The monoisotopic (exact) mass is 345 g/mol. The first-order valence-corrected chi connectivity index (χ1v) is 9.71. The third kappa shape index (κ3) is 4.36. The van der Waals surface area contributed by atoms with E-state index in [2.05, 4.69) is 0 Å². The van der Waals surface area contributed by atoms with E-state index in [-0.39, 0.29) is 17.4 Å². The first-order chi connectivity index (χ1) is 10.4. The highest BCUT2D eigenvalue weighted by molar-refractivity contribution is 8.13. The molecular weight excluding hydrogens is 326 g/mol. The second kappa shape index (κ2) is 7.33. The number of aryl methyl sites for hydroxylation is 1. The molecule has 1 amide bonds. The molecule has 0 radical (unpaired) electrons. The number of hydrogen-bond donors (Lipinski definition) is 0. The van der Waals surface area contributed by atoms with Gasteiger partial charge in [0.1, 0.15) is 5.75 Å².